The molecular formula is C13H21NO4. The van der Waals surface area contributed by atoms with E-state index < -0.39 is 4.92 Å². The van der Waals surface area contributed by atoms with Crippen LogP contribution in [0.3, 0.4) is 0 Å². The first-order valence-corrected chi connectivity index (χ1v) is 5.68. The van der Waals surface area contributed by atoms with Gasteiger partial charge in [0.25, 0.3) is 5.70 Å². The first-order valence-electron chi connectivity index (χ1n) is 5.68. The van der Waals surface area contributed by atoms with Gasteiger partial charge in [0.15, 0.2) is 11.5 Å². The van der Waals surface area contributed by atoms with Crippen molar-refractivity contribution in [1.82, 2.24) is 0 Å². The summed E-state index contributed by atoms with van der Waals surface area (Å²) in [4.78, 5) is 10.0. The first kappa shape index (κ1) is 18.3. The predicted octanol–water partition coefficient (Wildman–Crippen LogP) is 3.74. The summed E-state index contributed by atoms with van der Waals surface area (Å²) in [6.45, 7) is 10.7. The lowest BCUT2D eigenvalue weighted by atomic mass is 10.3. The molecule has 0 saturated carbocycles. The quantitative estimate of drug-likeness (QED) is 0.258. The van der Waals surface area contributed by atoms with E-state index in [1.807, 2.05) is 13.8 Å². The lowest BCUT2D eigenvalue weighted by molar-refractivity contribution is -0.419. The van der Waals surface area contributed by atoms with Crippen LogP contribution in [0.1, 0.15) is 27.7 Å². The molecule has 0 fully saturated rings. The Balaban J connectivity index is 0. The van der Waals surface area contributed by atoms with E-state index in [4.69, 9.17) is 4.74 Å². The maximum atomic E-state index is 10.6. The van der Waals surface area contributed by atoms with E-state index in [0.717, 1.165) is 0 Å². The number of aliphatic hydroxyl groups is 1. The lowest BCUT2D eigenvalue weighted by Gasteiger charge is -2.06. The van der Waals surface area contributed by atoms with Gasteiger partial charge in [0, 0.05) is 0 Å². The van der Waals surface area contributed by atoms with Gasteiger partial charge in [-0.15, -0.1) is 0 Å². The highest BCUT2D eigenvalue weighted by molar-refractivity contribution is 5.25. The van der Waals surface area contributed by atoms with Crippen molar-refractivity contribution in [3.63, 3.8) is 0 Å². The Kier molecular flexibility index (Phi) is 11.7. The number of ether oxygens (including phenoxy) is 1. The van der Waals surface area contributed by atoms with Crippen LogP contribution < -0.4 is 0 Å². The van der Waals surface area contributed by atoms with Crippen molar-refractivity contribution in [2.24, 2.45) is 0 Å². The van der Waals surface area contributed by atoms with Gasteiger partial charge in [0.2, 0.25) is 0 Å². The fraction of sp³-hybridized carbons (Fsp3) is 0.385. The maximum absolute atomic E-state index is 10.6. The maximum Gasteiger partial charge on any atom is 0.269 e. The lowest BCUT2D eigenvalue weighted by Crippen LogP contribution is -2.01. The number of nitrogens with zero attached hydrogens (tertiary/aromatic N) is 1. The zero-order chi connectivity index (χ0) is 14.6. The summed E-state index contributed by atoms with van der Waals surface area (Å²) in [5, 5.41) is 20.0. The van der Waals surface area contributed by atoms with E-state index in [1.54, 1.807) is 6.92 Å². The Bertz CT molecular complexity index is 354. The van der Waals surface area contributed by atoms with Gasteiger partial charge >= 0.3 is 0 Å². The van der Waals surface area contributed by atoms with E-state index in [2.05, 4.69) is 6.58 Å². The number of rotatable bonds is 6. The molecule has 0 radical (unpaired) electrons. The zero-order valence-corrected chi connectivity index (χ0v) is 11.3. The molecule has 0 aromatic rings. The normalized spacial score (nSPS) is 12.3. The molecule has 0 amide bonds. The zero-order valence-electron chi connectivity index (χ0n) is 11.3. The number of aliphatic hydroxyl groups excluding tert-OH is 1. The SMILES string of the molecule is C=CCOC(=C/C(=C\C)[N+](=O)[O-])/C(O)=C\C.CC. The Morgan fingerprint density at radius 1 is 1.39 bits per heavy atom. The summed E-state index contributed by atoms with van der Waals surface area (Å²) in [5.41, 5.74) is -0.146. The fourth-order valence-electron chi connectivity index (χ4n) is 0.856. The molecular weight excluding hydrogens is 234 g/mol. The van der Waals surface area contributed by atoms with Crippen LogP contribution in [-0.2, 0) is 4.74 Å². The minimum absolute atomic E-state index is 0.0483. The Labute approximate surface area is 108 Å². The molecule has 0 unspecified atom stereocenters. The molecule has 0 atom stereocenters. The molecule has 0 aromatic carbocycles. The predicted molar refractivity (Wildman–Crippen MR) is 72.7 cm³/mol. The summed E-state index contributed by atoms with van der Waals surface area (Å²) in [7, 11) is 0. The van der Waals surface area contributed by atoms with E-state index in [-0.39, 0.29) is 23.8 Å². The second-order valence-electron chi connectivity index (χ2n) is 2.75. The summed E-state index contributed by atoms with van der Waals surface area (Å²) in [5.74, 6) is -0.102. The van der Waals surface area contributed by atoms with E-state index in [9.17, 15) is 15.2 Å². The molecule has 0 aromatic heterocycles. The van der Waals surface area contributed by atoms with Gasteiger partial charge in [-0.05, 0) is 26.0 Å². The van der Waals surface area contributed by atoms with Gasteiger partial charge in [-0.2, -0.15) is 0 Å². The monoisotopic (exact) mass is 255 g/mol. The largest absolute Gasteiger partial charge is 0.504 e. The number of allylic oxidation sites excluding steroid dienone is 3. The third-order valence-electron chi connectivity index (χ3n) is 1.67. The van der Waals surface area contributed by atoms with Gasteiger partial charge in [-0.3, -0.25) is 10.1 Å². The Hall–Kier alpha value is -2.04. The van der Waals surface area contributed by atoms with Crippen LogP contribution in [0.25, 0.3) is 0 Å². The topological polar surface area (TPSA) is 72.6 Å². The van der Waals surface area contributed by atoms with Crippen LogP contribution in [0, 0.1) is 10.1 Å². The van der Waals surface area contributed by atoms with Crippen LogP contribution in [0.2, 0.25) is 0 Å². The van der Waals surface area contributed by atoms with Crippen LogP contribution in [0.5, 0.6) is 0 Å². The molecule has 0 spiro atoms. The van der Waals surface area contributed by atoms with Crippen molar-refractivity contribution in [2.75, 3.05) is 6.61 Å². The number of hydrogen-bond acceptors (Lipinski definition) is 4. The molecule has 18 heavy (non-hydrogen) atoms. The fourth-order valence-corrected chi connectivity index (χ4v) is 0.856. The highest BCUT2D eigenvalue weighted by atomic mass is 16.6. The van der Waals surface area contributed by atoms with Crippen molar-refractivity contribution >= 4 is 0 Å². The van der Waals surface area contributed by atoms with Gasteiger partial charge < -0.3 is 9.84 Å². The molecule has 0 aliphatic carbocycles. The van der Waals surface area contributed by atoms with Crippen LogP contribution in [-0.4, -0.2) is 16.6 Å². The van der Waals surface area contributed by atoms with E-state index in [1.165, 1.54) is 31.2 Å². The summed E-state index contributed by atoms with van der Waals surface area (Å²) >= 11 is 0. The molecule has 1 N–H and O–H groups in total. The van der Waals surface area contributed by atoms with Crippen molar-refractivity contribution in [2.45, 2.75) is 27.7 Å². The Morgan fingerprint density at radius 2 is 1.94 bits per heavy atom. The number of nitro groups is 1. The molecule has 0 aliphatic heterocycles. The van der Waals surface area contributed by atoms with E-state index >= 15 is 0 Å². The molecule has 102 valence electrons. The van der Waals surface area contributed by atoms with Crippen molar-refractivity contribution < 1.29 is 14.8 Å². The molecule has 0 saturated heterocycles. The van der Waals surface area contributed by atoms with Crippen molar-refractivity contribution in [3.05, 3.63) is 58.2 Å². The minimum Gasteiger partial charge on any atom is -0.504 e. The van der Waals surface area contributed by atoms with Crippen LogP contribution in [0.4, 0.5) is 0 Å². The minimum atomic E-state index is -0.555. The van der Waals surface area contributed by atoms with Gasteiger partial charge in [-0.25, -0.2) is 0 Å². The van der Waals surface area contributed by atoms with Crippen molar-refractivity contribution in [3.8, 4) is 0 Å². The Morgan fingerprint density at radius 3 is 2.28 bits per heavy atom. The second kappa shape index (κ2) is 11.4. The van der Waals surface area contributed by atoms with Gasteiger partial charge in [0.1, 0.15) is 6.61 Å². The summed E-state index contributed by atoms with van der Waals surface area (Å²) in [6, 6.07) is 0. The molecule has 0 heterocycles. The highest BCUT2D eigenvalue weighted by Gasteiger charge is 2.11. The second-order valence-corrected chi connectivity index (χ2v) is 2.75. The highest BCUT2D eigenvalue weighted by Crippen LogP contribution is 2.12. The average molecular weight is 255 g/mol. The number of hydrogen-bond donors (Lipinski definition) is 1. The van der Waals surface area contributed by atoms with Crippen LogP contribution >= 0.6 is 0 Å². The third kappa shape index (κ3) is 7.27. The standard InChI is InChI=1S/C11H15NO4.C2H6/c1-4-7-16-11(10(13)6-3)8-9(5-2)12(14)15;1-2/h4-6,8,13H,1,7H2,2-3H3;1-2H3/b9-5+,10-6+,11-8+;. The molecule has 5 nitrogen and oxygen atoms in total. The first-order chi connectivity index (χ1) is 8.56. The molecule has 5 heteroatoms. The van der Waals surface area contributed by atoms with Gasteiger partial charge in [-0.1, -0.05) is 26.5 Å². The van der Waals surface area contributed by atoms with Gasteiger partial charge in [0.05, 0.1) is 11.0 Å². The summed E-state index contributed by atoms with van der Waals surface area (Å²) in [6.07, 6.45) is 5.36. The smallest absolute Gasteiger partial charge is 0.269 e. The van der Waals surface area contributed by atoms with Crippen molar-refractivity contribution in [1.29, 1.82) is 0 Å². The third-order valence-corrected chi connectivity index (χ3v) is 1.67. The average Bonchev–Trinajstić information content (AvgIpc) is 2.40. The van der Waals surface area contributed by atoms with Crippen LogP contribution in [0.15, 0.2) is 48.1 Å². The molecule has 0 rings (SSSR count). The molecule has 0 bridgehead atoms. The van der Waals surface area contributed by atoms with E-state index in [0.29, 0.717) is 0 Å². The summed E-state index contributed by atoms with van der Waals surface area (Å²) < 4.78 is 5.11. The molecule has 0 aliphatic rings.